The Morgan fingerprint density at radius 1 is 1.00 bits per heavy atom. The first-order valence-electron chi connectivity index (χ1n) is 10.9. The number of carboxylic acids is 1. The van der Waals surface area contributed by atoms with E-state index in [1.54, 1.807) is 0 Å². The minimum absolute atomic E-state index is 0.406. The molecule has 0 aliphatic rings. The van der Waals surface area contributed by atoms with Crippen LogP contribution in [-0.2, 0) is 24.2 Å². The molecule has 0 spiro atoms. The third-order valence-electron chi connectivity index (χ3n) is 5.45. The molecule has 0 saturated heterocycles. The van der Waals surface area contributed by atoms with Gasteiger partial charge in [-0.25, -0.2) is 4.79 Å². The summed E-state index contributed by atoms with van der Waals surface area (Å²) in [7, 11) is 0. The molecule has 4 aromatic rings. The van der Waals surface area contributed by atoms with Gasteiger partial charge in [-0.2, -0.15) is 5.10 Å². The third-order valence-corrected chi connectivity index (χ3v) is 5.71. The van der Waals surface area contributed by atoms with E-state index in [9.17, 15) is 4.79 Å². The zero-order valence-corrected chi connectivity index (χ0v) is 19.1. The van der Waals surface area contributed by atoms with E-state index in [1.807, 2.05) is 71.4 Å². The fraction of sp³-hybridized carbons (Fsp3) is 0.185. The van der Waals surface area contributed by atoms with Crippen LogP contribution in [0.4, 0.5) is 0 Å². The number of carbonyl (C=O) groups is 1. The first-order chi connectivity index (χ1) is 16.0. The molecule has 4 rings (SSSR count). The first-order valence-corrected chi connectivity index (χ1v) is 11.3. The van der Waals surface area contributed by atoms with E-state index in [2.05, 4.69) is 19.1 Å². The maximum atomic E-state index is 11.1. The molecule has 33 heavy (non-hydrogen) atoms. The van der Waals surface area contributed by atoms with Gasteiger partial charge in [0.25, 0.3) is 0 Å². The van der Waals surface area contributed by atoms with Crippen LogP contribution in [0.3, 0.4) is 0 Å². The molecule has 0 aliphatic carbocycles. The molecule has 0 fully saturated rings. The number of rotatable bonds is 9. The second-order valence-corrected chi connectivity index (χ2v) is 8.18. The molecular formula is C27H25ClN2O3. The Labute approximate surface area is 198 Å². The molecule has 0 saturated carbocycles. The van der Waals surface area contributed by atoms with Gasteiger partial charge in [0.2, 0.25) is 0 Å². The van der Waals surface area contributed by atoms with Gasteiger partial charge >= 0.3 is 5.97 Å². The van der Waals surface area contributed by atoms with Crippen LogP contribution in [-0.4, -0.2) is 27.5 Å². The van der Waals surface area contributed by atoms with Crippen molar-refractivity contribution in [3.05, 3.63) is 95.0 Å². The molecule has 0 amide bonds. The summed E-state index contributed by atoms with van der Waals surface area (Å²) in [5, 5.41) is 14.7. The first kappa shape index (κ1) is 22.6. The van der Waals surface area contributed by atoms with Gasteiger partial charge in [-0.05, 0) is 59.9 Å². The molecule has 0 bridgehead atoms. The van der Waals surface area contributed by atoms with Crippen molar-refractivity contribution in [1.29, 1.82) is 0 Å². The number of halogens is 1. The van der Waals surface area contributed by atoms with Crippen molar-refractivity contribution in [1.82, 2.24) is 9.78 Å². The SMILES string of the molecule is CCc1ccc(OCC(=O)O)c(-c2cc(-c3ccc(Cl)cc3)n(CCc3ccccc3)n2)c1. The fourth-order valence-electron chi connectivity index (χ4n) is 3.71. The molecule has 6 heteroatoms. The monoisotopic (exact) mass is 460 g/mol. The van der Waals surface area contributed by atoms with Crippen molar-refractivity contribution in [2.75, 3.05) is 6.61 Å². The van der Waals surface area contributed by atoms with E-state index in [4.69, 9.17) is 26.5 Å². The van der Waals surface area contributed by atoms with E-state index < -0.39 is 12.6 Å². The second-order valence-electron chi connectivity index (χ2n) is 7.75. The van der Waals surface area contributed by atoms with Crippen LogP contribution in [0.2, 0.25) is 5.02 Å². The minimum atomic E-state index is -1.02. The van der Waals surface area contributed by atoms with E-state index in [0.29, 0.717) is 17.3 Å². The smallest absolute Gasteiger partial charge is 0.341 e. The van der Waals surface area contributed by atoms with Crippen LogP contribution in [0.25, 0.3) is 22.5 Å². The molecule has 0 atom stereocenters. The number of ether oxygens (including phenoxy) is 1. The highest BCUT2D eigenvalue weighted by atomic mass is 35.5. The number of carboxylic acid groups (broad SMARTS) is 1. The van der Waals surface area contributed by atoms with Crippen molar-refractivity contribution in [2.45, 2.75) is 26.3 Å². The maximum Gasteiger partial charge on any atom is 0.341 e. The molecule has 168 valence electrons. The van der Waals surface area contributed by atoms with Crippen LogP contribution in [0.1, 0.15) is 18.1 Å². The topological polar surface area (TPSA) is 64.3 Å². The maximum absolute atomic E-state index is 11.1. The number of nitrogens with zero attached hydrogens (tertiary/aromatic N) is 2. The van der Waals surface area contributed by atoms with E-state index >= 15 is 0 Å². The van der Waals surface area contributed by atoms with Gasteiger partial charge in [0.1, 0.15) is 5.75 Å². The van der Waals surface area contributed by atoms with Gasteiger partial charge in [0, 0.05) is 17.1 Å². The van der Waals surface area contributed by atoms with Crippen LogP contribution >= 0.6 is 11.6 Å². The number of aromatic nitrogens is 2. The number of hydrogen-bond acceptors (Lipinski definition) is 3. The number of aliphatic carboxylic acids is 1. The Balaban J connectivity index is 1.75. The summed E-state index contributed by atoms with van der Waals surface area (Å²) in [6.07, 6.45) is 1.69. The molecule has 0 aliphatic heterocycles. The van der Waals surface area contributed by atoms with Gasteiger partial charge in [-0.3, -0.25) is 4.68 Å². The summed E-state index contributed by atoms with van der Waals surface area (Å²) in [4.78, 5) is 11.1. The highest BCUT2D eigenvalue weighted by molar-refractivity contribution is 6.30. The summed E-state index contributed by atoms with van der Waals surface area (Å²) in [5.41, 5.74) is 5.84. The quantitative estimate of drug-likeness (QED) is 0.326. The van der Waals surface area contributed by atoms with Gasteiger partial charge in [-0.15, -0.1) is 0 Å². The molecular weight excluding hydrogens is 436 g/mol. The lowest BCUT2D eigenvalue weighted by Crippen LogP contribution is -2.10. The zero-order valence-electron chi connectivity index (χ0n) is 18.4. The average Bonchev–Trinajstić information content (AvgIpc) is 3.26. The largest absolute Gasteiger partial charge is 0.481 e. The van der Waals surface area contributed by atoms with Gasteiger partial charge in [-0.1, -0.05) is 67.1 Å². The number of hydrogen-bond donors (Lipinski definition) is 1. The normalized spacial score (nSPS) is 10.8. The Morgan fingerprint density at radius 3 is 2.45 bits per heavy atom. The van der Waals surface area contributed by atoms with E-state index in [0.717, 1.165) is 40.9 Å². The number of aryl methyl sites for hydroxylation is 3. The second kappa shape index (κ2) is 10.4. The van der Waals surface area contributed by atoms with E-state index in [-0.39, 0.29) is 0 Å². The highest BCUT2D eigenvalue weighted by Crippen LogP contribution is 2.34. The molecule has 5 nitrogen and oxygen atoms in total. The lowest BCUT2D eigenvalue weighted by atomic mass is 10.0. The predicted molar refractivity (Wildman–Crippen MR) is 131 cm³/mol. The Bertz CT molecular complexity index is 1230. The summed E-state index contributed by atoms with van der Waals surface area (Å²) in [5.74, 6) is -0.513. The lowest BCUT2D eigenvalue weighted by molar-refractivity contribution is -0.139. The molecule has 1 aromatic heterocycles. The molecule has 0 radical (unpaired) electrons. The third kappa shape index (κ3) is 5.62. The van der Waals surface area contributed by atoms with Crippen molar-refractivity contribution in [3.63, 3.8) is 0 Å². The van der Waals surface area contributed by atoms with Gasteiger partial charge in [0.15, 0.2) is 6.61 Å². The zero-order chi connectivity index (χ0) is 23.2. The standard InChI is InChI=1S/C27H25ClN2O3/c1-2-19-8-13-26(33-18-27(31)32)23(16-19)24-17-25(21-9-11-22(28)12-10-21)30(29-24)15-14-20-6-4-3-5-7-20/h3-13,16-17H,2,14-15,18H2,1H3,(H,31,32). The number of benzene rings is 3. The fourth-order valence-corrected chi connectivity index (χ4v) is 3.84. The summed E-state index contributed by atoms with van der Waals surface area (Å²) >= 11 is 6.11. The van der Waals surface area contributed by atoms with Crippen LogP contribution in [0.15, 0.2) is 78.9 Å². The van der Waals surface area contributed by atoms with Crippen molar-refractivity contribution in [2.24, 2.45) is 0 Å². The van der Waals surface area contributed by atoms with Gasteiger partial charge in [0.05, 0.1) is 11.4 Å². The van der Waals surface area contributed by atoms with Crippen molar-refractivity contribution >= 4 is 17.6 Å². The van der Waals surface area contributed by atoms with Crippen molar-refractivity contribution in [3.8, 4) is 28.3 Å². The minimum Gasteiger partial charge on any atom is -0.481 e. The van der Waals surface area contributed by atoms with Crippen LogP contribution in [0, 0.1) is 0 Å². The molecule has 1 heterocycles. The predicted octanol–water partition coefficient (Wildman–Crippen LogP) is 6.14. The van der Waals surface area contributed by atoms with Gasteiger partial charge < -0.3 is 9.84 Å². The van der Waals surface area contributed by atoms with Crippen LogP contribution in [0.5, 0.6) is 5.75 Å². The summed E-state index contributed by atoms with van der Waals surface area (Å²) in [6.45, 7) is 2.37. The Kier molecular flexibility index (Phi) is 7.10. The Morgan fingerprint density at radius 2 is 1.76 bits per heavy atom. The molecule has 0 unspecified atom stereocenters. The van der Waals surface area contributed by atoms with Crippen LogP contribution < -0.4 is 4.74 Å². The molecule has 3 aromatic carbocycles. The Hall–Kier alpha value is -3.57. The average molecular weight is 461 g/mol. The van der Waals surface area contributed by atoms with E-state index in [1.165, 1.54) is 5.56 Å². The summed E-state index contributed by atoms with van der Waals surface area (Å²) in [6, 6.07) is 25.8. The molecule has 1 N–H and O–H groups in total. The lowest BCUT2D eigenvalue weighted by Gasteiger charge is -2.10. The highest BCUT2D eigenvalue weighted by Gasteiger charge is 2.16. The summed E-state index contributed by atoms with van der Waals surface area (Å²) < 4.78 is 7.58. The van der Waals surface area contributed by atoms with Crippen molar-refractivity contribution < 1.29 is 14.6 Å².